The molecule has 1 heterocycles. The van der Waals surface area contributed by atoms with Gasteiger partial charge in [-0.3, -0.25) is 0 Å². The van der Waals surface area contributed by atoms with Gasteiger partial charge in [0.15, 0.2) is 0 Å². The Morgan fingerprint density at radius 2 is 1.73 bits per heavy atom. The van der Waals surface area contributed by atoms with Crippen LogP contribution in [-0.2, 0) is 0 Å². The Morgan fingerprint density at radius 1 is 0.933 bits per heavy atom. The lowest BCUT2D eigenvalue weighted by molar-refractivity contribution is 0.669. The largest absolute Gasteiger partial charge is 0.456 e. The molecule has 0 atom stereocenters. The molecule has 0 unspecified atom stereocenters. The van der Waals surface area contributed by atoms with Crippen molar-refractivity contribution in [2.45, 2.75) is 0 Å². The second-order valence-corrected chi connectivity index (χ2v) is 3.34. The number of fused-ring (bicyclic) bond motifs is 3. The molecule has 0 fully saturated rings. The van der Waals surface area contributed by atoms with Crippen molar-refractivity contribution in [3.05, 3.63) is 47.4 Å². The minimum absolute atomic E-state index is 0.428. The second-order valence-electron chi connectivity index (χ2n) is 3.34. The van der Waals surface area contributed by atoms with Crippen molar-refractivity contribution in [1.29, 1.82) is 0 Å². The first kappa shape index (κ1) is 8.17. The van der Waals surface area contributed by atoms with Crippen molar-refractivity contribution in [1.82, 2.24) is 0 Å². The monoisotopic (exact) mass is 197 g/mol. The molecule has 2 aromatic carbocycles. The number of rotatable bonds is 1. The Morgan fingerprint density at radius 3 is 2.60 bits per heavy atom. The predicted octanol–water partition coefficient (Wildman–Crippen LogP) is 3.98. The van der Waals surface area contributed by atoms with Gasteiger partial charge < -0.3 is 4.42 Å². The number of para-hydroxylation sites is 1. The molecule has 1 aromatic heterocycles. The van der Waals surface area contributed by atoms with Gasteiger partial charge in [0.25, 0.3) is 0 Å². The maximum absolute atomic E-state index is 10.7. The fourth-order valence-electron chi connectivity index (χ4n) is 1.83. The van der Waals surface area contributed by atoms with Crippen LogP contribution in [0.5, 0.6) is 0 Å². The highest BCUT2D eigenvalue weighted by Gasteiger charge is 2.09. The molecule has 0 aliphatic rings. The van der Waals surface area contributed by atoms with E-state index in [4.69, 9.17) is 4.42 Å². The first-order chi connectivity index (χ1) is 7.40. The third-order valence-electron chi connectivity index (χ3n) is 2.48. The number of furan rings is 1. The van der Waals surface area contributed by atoms with Crippen LogP contribution in [0.4, 0.5) is 5.69 Å². The van der Waals surface area contributed by atoms with Crippen molar-refractivity contribution in [2.24, 2.45) is 5.18 Å². The topological polar surface area (TPSA) is 42.6 Å². The normalized spacial score (nSPS) is 10.9. The zero-order valence-electron chi connectivity index (χ0n) is 7.81. The molecule has 0 saturated heterocycles. The second kappa shape index (κ2) is 2.92. The van der Waals surface area contributed by atoms with Gasteiger partial charge in [-0.05, 0) is 23.4 Å². The number of hydrogen-bond donors (Lipinski definition) is 0. The summed E-state index contributed by atoms with van der Waals surface area (Å²) in [6.45, 7) is 0. The summed E-state index contributed by atoms with van der Waals surface area (Å²) in [5.41, 5.74) is 1.91. The molecule has 3 aromatic rings. The number of benzene rings is 2. The fraction of sp³-hybridized carbons (Fsp3) is 0. The third kappa shape index (κ3) is 1.06. The van der Waals surface area contributed by atoms with Gasteiger partial charge >= 0.3 is 0 Å². The standard InChI is InChI=1S/C12H7NO2/c14-13-9-5-3-7-11-12(9)8-4-1-2-6-10(8)15-11/h1-7H. The molecule has 3 heteroatoms. The van der Waals surface area contributed by atoms with Gasteiger partial charge in [0.2, 0.25) is 0 Å². The molecule has 0 radical (unpaired) electrons. The van der Waals surface area contributed by atoms with Crippen LogP contribution in [0.25, 0.3) is 21.9 Å². The molecule has 0 N–H and O–H groups in total. The van der Waals surface area contributed by atoms with E-state index in [1.54, 1.807) is 12.1 Å². The van der Waals surface area contributed by atoms with Crippen LogP contribution in [0.1, 0.15) is 0 Å². The fourth-order valence-corrected chi connectivity index (χ4v) is 1.83. The van der Waals surface area contributed by atoms with E-state index in [0.717, 1.165) is 16.4 Å². The average molecular weight is 197 g/mol. The summed E-state index contributed by atoms with van der Waals surface area (Å²) in [6, 6.07) is 12.9. The quantitative estimate of drug-likeness (QED) is 0.553. The summed E-state index contributed by atoms with van der Waals surface area (Å²) in [5, 5.41) is 4.74. The van der Waals surface area contributed by atoms with Crippen LogP contribution < -0.4 is 0 Å². The molecular weight excluding hydrogens is 190 g/mol. The Labute approximate surface area is 85.3 Å². The lowest BCUT2D eigenvalue weighted by Gasteiger charge is -1.90. The molecule has 0 aliphatic carbocycles. The van der Waals surface area contributed by atoms with E-state index in [1.165, 1.54) is 0 Å². The maximum Gasteiger partial charge on any atom is 0.137 e. The van der Waals surface area contributed by atoms with Crippen LogP contribution in [0, 0.1) is 4.91 Å². The Balaban J connectivity index is 2.62. The van der Waals surface area contributed by atoms with Gasteiger partial charge in [-0.2, -0.15) is 0 Å². The highest BCUT2D eigenvalue weighted by molar-refractivity contribution is 6.10. The zero-order chi connectivity index (χ0) is 10.3. The molecule has 0 amide bonds. The van der Waals surface area contributed by atoms with Crippen molar-refractivity contribution in [2.75, 3.05) is 0 Å². The van der Waals surface area contributed by atoms with Crippen LogP contribution in [0.2, 0.25) is 0 Å². The molecule has 0 saturated carbocycles. The molecule has 0 aliphatic heterocycles. The number of nitrogens with zero attached hydrogens (tertiary/aromatic N) is 1. The van der Waals surface area contributed by atoms with E-state index in [0.29, 0.717) is 11.3 Å². The van der Waals surface area contributed by atoms with Crippen LogP contribution in [-0.4, -0.2) is 0 Å². The lowest BCUT2D eigenvalue weighted by Crippen LogP contribution is -1.67. The summed E-state index contributed by atoms with van der Waals surface area (Å²) in [4.78, 5) is 10.7. The van der Waals surface area contributed by atoms with Crippen LogP contribution in [0.15, 0.2) is 52.1 Å². The van der Waals surface area contributed by atoms with Crippen LogP contribution in [0.3, 0.4) is 0 Å². The number of hydrogen-bond acceptors (Lipinski definition) is 3. The molecule has 3 rings (SSSR count). The van der Waals surface area contributed by atoms with Gasteiger partial charge in [0.1, 0.15) is 16.9 Å². The Hall–Kier alpha value is -2.16. The molecular formula is C12H7NO2. The Kier molecular flexibility index (Phi) is 1.59. The first-order valence-corrected chi connectivity index (χ1v) is 4.64. The van der Waals surface area contributed by atoms with Crippen molar-refractivity contribution in [3.63, 3.8) is 0 Å². The number of nitroso groups, excluding NO2 is 1. The summed E-state index contributed by atoms with van der Waals surface area (Å²) < 4.78 is 5.60. The molecule has 0 bridgehead atoms. The van der Waals surface area contributed by atoms with Crippen LogP contribution >= 0.6 is 0 Å². The molecule has 0 spiro atoms. The average Bonchev–Trinajstić information content (AvgIpc) is 2.67. The zero-order valence-corrected chi connectivity index (χ0v) is 7.81. The molecule has 72 valence electrons. The summed E-state index contributed by atoms with van der Waals surface area (Å²) in [6.07, 6.45) is 0. The van der Waals surface area contributed by atoms with Crippen molar-refractivity contribution >= 4 is 27.6 Å². The van der Waals surface area contributed by atoms with E-state index in [1.807, 2.05) is 30.3 Å². The smallest absolute Gasteiger partial charge is 0.137 e. The minimum Gasteiger partial charge on any atom is -0.456 e. The van der Waals surface area contributed by atoms with E-state index in [9.17, 15) is 4.91 Å². The predicted molar refractivity (Wildman–Crippen MR) is 59.2 cm³/mol. The van der Waals surface area contributed by atoms with Gasteiger partial charge in [-0.25, -0.2) is 0 Å². The first-order valence-electron chi connectivity index (χ1n) is 4.64. The van der Waals surface area contributed by atoms with E-state index in [2.05, 4.69) is 5.18 Å². The maximum atomic E-state index is 10.7. The van der Waals surface area contributed by atoms with Gasteiger partial charge in [0, 0.05) is 5.39 Å². The van der Waals surface area contributed by atoms with Crippen molar-refractivity contribution in [3.8, 4) is 0 Å². The molecule has 3 nitrogen and oxygen atoms in total. The highest BCUT2D eigenvalue weighted by atomic mass is 16.3. The van der Waals surface area contributed by atoms with E-state index in [-0.39, 0.29) is 0 Å². The van der Waals surface area contributed by atoms with Gasteiger partial charge in [0.05, 0.1) is 5.39 Å². The molecule has 15 heavy (non-hydrogen) atoms. The summed E-state index contributed by atoms with van der Waals surface area (Å²) in [7, 11) is 0. The minimum atomic E-state index is 0.428. The highest BCUT2D eigenvalue weighted by Crippen LogP contribution is 2.34. The summed E-state index contributed by atoms with van der Waals surface area (Å²) in [5.74, 6) is 0. The summed E-state index contributed by atoms with van der Waals surface area (Å²) >= 11 is 0. The van der Waals surface area contributed by atoms with E-state index < -0.39 is 0 Å². The van der Waals surface area contributed by atoms with Gasteiger partial charge in [-0.15, -0.1) is 4.91 Å². The van der Waals surface area contributed by atoms with E-state index >= 15 is 0 Å². The lowest BCUT2D eigenvalue weighted by atomic mass is 10.1. The Bertz CT molecular complexity index is 655. The van der Waals surface area contributed by atoms with Crippen molar-refractivity contribution < 1.29 is 4.42 Å². The third-order valence-corrected chi connectivity index (χ3v) is 2.48. The SMILES string of the molecule is O=Nc1cccc2oc3ccccc3c12. The van der Waals surface area contributed by atoms with Gasteiger partial charge in [-0.1, -0.05) is 24.3 Å².